The van der Waals surface area contributed by atoms with Crippen molar-refractivity contribution in [2.75, 3.05) is 32.7 Å². The van der Waals surface area contributed by atoms with E-state index in [0.29, 0.717) is 17.5 Å². The number of rotatable bonds is 6. The Bertz CT molecular complexity index is 739. The van der Waals surface area contributed by atoms with Gasteiger partial charge in [0.05, 0.1) is 23.8 Å². The van der Waals surface area contributed by atoms with E-state index in [1.54, 1.807) is 18.3 Å². The van der Waals surface area contributed by atoms with Gasteiger partial charge in [-0.15, -0.1) is 0 Å². The first-order chi connectivity index (χ1) is 11.7. The summed E-state index contributed by atoms with van der Waals surface area (Å²) in [6.45, 7) is 6.30. The number of carbonyl (C=O) groups is 1. The molecule has 130 valence electrons. The molecule has 1 aromatic heterocycles. The van der Waals surface area contributed by atoms with Crippen molar-refractivity contribution in [3.05, 3.63) is 30.0 Å². The van der Waals surface area contributed by atoms with Gasteiger partial charge in [-0.25, -0.2) is 4.79 Å². The van der Waals surface area contributed by atoms with Gasteiger partial charge in [-0.2, -0.15) is 5.10 Å². The molecule has 0 spiro atoms. The number of nitrogens with one attached hydrogen (secondary N) is 1. The van der Waals surface area contributed by atoms with Gasteiger partial charge < -0.3 is 15.3 Å². The van der Waals surface area contributed by atoms with Gasteiger partial charge in [0.15, 0.2) is 0 Å². The van der Waals surface area contributed by atoms with Crippen LogP contribution in [0.3, 0.4) is 0 Å². The minimum atomic E-state index is -0.900. The van der Waals surface area contributed by atoms with E-state index in [1.807, 2.05) is 10.7 Å². The number of hydrogen-bond acceptors (Lipinski definition) is 4. The van der Waals surface area contributed by atoms with Crippen LogP contribution in [0.25, 0.3) is 10.9 Å². The van der Waals surface area contributed by atoms with Gasteiger partial charge >= 0.3 is 24.8 Å². The van der Waals surface area contributed by atoms with Gasteiger partial charge in [0.2, 0.25) is 0 Å². The van der Waals surface area contributed by atoms with E-state index >= 15 is 0 Å². The molecule has 3 saturated heterocycles. The van der Waals surface area contributed by atoms with E-state index in [2.05, 4.69) is 15.3 Å². The molecule has 0 aliphatic carbocycles. The molecule has 1 aromatic carbocycles. The standard InChI is InChI=1S/C18H24N4O2.Li.H/c23-17(24)15-3-1-2-14-12-20-22(16(14)15)11-7-19-13-18-4-8-21(9-5-18)10-6-18;;/h1-3,12,19H,4-11,13H2,(H,23,24);;. The van der Waals surface area contributed by atoms with E-state index in [-0.39, 0.29) is 18.9 Å². The quantitative estimate of drug-likeness (QED) is 0.612. The zero-order valence-corrected chi connectivity index (χ0v) is 13.9. The molecule has 2 N–H and O–H groups in total. The van der Waals surface area contributed by atoms with Crippen LogP contribution in [0.2, 0.25) is 0 Å². The minimum absolute atomic E-state index is 0. The predicted octanol–water partition coefficient (Wildman–Crippen LogP) is 1.16. The Balaban J connectivity index is 0.00000182. The summed E-state index contributed by atoms with van der Waals surface area (Å²) in [7, 11) is 0. The van der Waals surface area contributed by atoms with Crippen molar-refractivity contribution >= 4 is 35.7 Å². The SMILES string of the molecule is O=C(O)c1cccc2cnn(CCNCC34CCN(CC3)CC4)c12.[LiH]. The molecule has 4 heterocycles. The summed E-state index contributed by atoms with van der Waals surface area (Å²) in [5.74, 6) is -0.900. The number of hydrogen-bond donors (Lipinski definition) is 2. The molecule has 6 nitrogen and oxygen atoms in total. The maximum absolute atomic E-state index is 11.4. The Morgan fingerprint density at radius 3 is 2.64 bits per heavy atom. The Kier molecular flexibility index (Phi) is 5.55. The third-order valence-electron chi connectivity index (χ3n) is 5.77. The summed E-state index contributed by atoms with van der Waals surface area (Å²) in [5, 5.41) is 18.2. The van der Waals surface area contributed by atoms with Crippen LogP contribution in [0.4, 0.5) is 0 Å². The van der Waals surface area contributed by atoms with Crippen LogP contribution in [0.15, 0.2) is 24.4 Å². The molecule has 25 heavy (non-hydrogen) atoms. The Hall–Kier alpha value is -1.32. The van der Waals surface area contributed by atoms with E-state index in [0.717, 1.165) is 24.0 Å². The second-order valence-corrected chi connectivity index (χ2v) is 7.18. The fraction of sp³-hybridized carbons (Fsp3) is 0.556. The number of piperidine rings is 3. The number of carboxylic acid groups (broad SMARTS) is 1. The van der Waals surface area contributed by atoms with Gasteiger partial charge in [-0.05, 0) is 50.4 Å². The fourth-order valence-electron chi connectivity index (χ4n) is 4.19. The summed E-state index contributed by atoms with van der Waals surface area (Å²) in [6.07, 6.45) is 5.65. The van der Waals surface area contributed by atoms with Crippen molar-refractivity contribution in [2.24, 2.45) is 5.41 Å². The third kappa shape index (κ3) is 3.63. The molecule has 0 saturated carbocycles. The van der Waals surface area contributed by atoms with E-state index < -0.39 is 5.97 Å². The maximum atomic E-state index is 11.4. The molecule has 7 heteroatoms. The number of benzene rings is 1. The van der Waals surface area contributed by atoms with Crippen molar-refractivity contribution < 1.29 is 9.90 Å². The number of para-hydroxylation sites is 1. The Morgan fingerprint density at radius 2 is 1.96 bits per heavy atom. The fourth-order valence-corrected chi connectivity index (χ4v) is 4.19. The van der Waals surface area contributed by atoms with Crippen molar-refractivity contribution in [3.8, 4) is 0 Å². The van der Waals surface area contributed by atoms with E-state index in [9.17, 15) is 9.90 Å². The number of nitrogens with zero attached hydrogens (tertiary/aromatic N) is 3. The first-order valence-corrected chi connectivity index (χ1v) is 8.78. The first-order valence-electron chi connectivity index (χ1n) is 8.78. The monoisotopic (exact) mass is 336 g/mol. The molecule has 2 bridgehead atoms. The number of carboxylic acids is 1. The van der Waals surface area contributed by atoms with E-state index in [1.165, 1.54) is 38.9 Å². The van der Waals surface area contributed by atoms with Gasteiger partial charge in [-0.1, -0.05) is 12.1 Å². The average Bonchev–Trinajstić information content (AvgIpc) is 3.03. The molecule has 0 atom stereocenters. The van der Waals surface area contributed by atoms with Crippen LogP contribution in [-0.4, -0.2) is 77.3 Å². The molecule has 3 aliphatic rings. The predicted molar refractivity (Wildman–Crippen MR) is 99.4 cm³/mol. The molecule has 0 amide bonds. The molecule has 0 radical (unpaired) electrons. The van der Waals surface area contributed by atoms with Gasteiger partial charge in [0.25, 0.3) is 0 Å². The van der Waals surface area contributed by atoms with Crippen LogP contribution in [0, 0.1) is 5.41 Å². The normalized spacial score (nSPS) is 25.0. The molecular formula is C18H25LiN4O2. The average molecular weight is 336 g/mol. The Morgan fingerprint density at radius 1 is 1.24 bits per heavy atom. The molecule has 0 unspecified atom stereocenters. The summed E-state index contributed by atoms with van der Waals surface area (Å²) >= 11 is 0. The van der Waals surface area contributed by atoms with Crippen LogP contribution in [-0.2, 0) is 6.54 Å². The van der Waals surface area contributed by atoms with Crippen molar-refractivity contribution in [1.29, 1.82) is 0 Å². The second-order valence-electron chi connectivity index (χ2n) is 7.18. The topological polar surface area (TPSA) is 70.4 Å². The zero-order valence-electron chi connectivity index (χ0n) is 13.9. The van der Waals surface area contributed by atoms with Crippen molar-refractivity contribution in [2.45, 2.75) is 25.8 Å². The molecule has 5 rings (SSSR count). The van der Waals surface area contributed by atoms with E-state index in [4.69, 9.17) is 0 Å². The zero-order chi connectivity index (χ0) is 16.6. The second kappa shape index (κ2) is 7.51. The summed E-state index contributed by atoms with van der Waals surface area (Å²) < 4.78 is 1.81. The van der Waals surface area contributed by atoms with Crippen molar-refractivity contribution in [3.63, 3.8) is 0 Å². The van der Waals surface area contributed by atoms with Gasteiger partial charge in [-0.3, -0.25) is 4.68 Å². The van der Waals surface area contributed by atoms with Crippen LogP contribution in [0.5, 0.6) is 0 Å². The number of aromatic nitrogens is 2. The van der Waals surface area contributed by atoms with Crippen LogP contribution < -0.4 is 5.32 Å². The molecule has 2 aromatic rings. The van der Waals surface area contributed by atoms with Gasteiger partial charge in [0, 0.05) is 18.5 Å². The summed E-state index contributed by atoms with van der Waals surface area (Å²) in [4.78, 5) is 14.0. The first kappa shape index (κ1) is 18.5. The molecule has 3 aliphatic heterocycles. The Labute approximate surface area is 159 Å². The third-order valence-corrected chi connectivity index (χ3v) is 5.77. The van der Waals surface area contributed by atoms with Crippen molar-refractivity contribution in [1.82, 2.24) is 20.0 Å². The molecular weight excluding hydrogens is 311 g/mol. The number of aromatic carboxylic acids is 1. The number of fused-ring (bicyclic) bond motifs is 4. The van der Waals surface area contributed by atoms with Gasteiger partial charge in [0.1, 0.15) is 0 Å². The van der Waals surface area contributed by atoms with Crippen LogP contribution in [0.1, 0.15) is 29.6 Å². The summed E-state index contributed by atoms with van der Waals surface area (Å²) in [6, 6.07) is 5.32. The molecule has 3 fully saturated rings. The van der Waals surface area contributed by atoms with Crippen LogP contribution >= 0.6 is 0 Å². The summed E-state index contributed by atoms with van der Waals surface area (Å²) in [5.41, 5.74) is 1.52.